The van der Waals surface area contributed by atoms with Gasteiger partial charge in [0.05, 0.1) is 13.2 Å². The molecule has 4 rings (SSSR count). The Kier molecular flexibility index (Phi) is 6.44. The molecule has 0 aromatic heterocycles. The number of benzene rings is 2. The number of carbonyl (C=O) groups is 2. The van der Waals surface area contributed by atoms with Crippen molar-refractivity contribution in [2.75, 3.05) is 42.6 Å². The van der Waals surface area contributed by atoms with Crippen LogP contribution in [0.15, 0.2) is 54.6 Å². The standard InChI is InChI=1S/C24H27N3O3/c28-23(12-7-19-3-10-22(11-4-19)27-13-1-2-24(27)29)25-18-20-5-8-21(9-6-20)26-14-16-30-17-15-26/h3-12H,1-2,13-18H2,(H,25,28)/b12-7+. The first-order chi connectivity index (χ1) is 14.7. The summed E-state index contributed by atoms with van der Waals surface area (Å²) in [5.74, 6) is 0.0432. The Morgan fingerprint density at radius 2 is 1.67 bits per heavy atom. The summed E-state index contributed by atoms with van der Waals surface area (Å²) in [6.07, 6.45) is 4.86. The van der Waals surface area contributed by atoms with Gasteiger partial charge in [-0.1, -0.05) is 24.3 Å². The monoisotopic (exact) mass is 405 g/mol. The third kappa shape index (κ3) is 5.07. The quantitative estimate of drug-likeness (QED) is 0.751. The topological polar surface area (TPSA) is 61.9 Å². The number of nitrogens with one attached hydrogen (secondary N) is 1. The maximum absolute atomic E-state index is 12.2. The number of hydrogen-bond donors (Lipinski definition) is 1. The van der Waals surface area contributed by atoms with E-state index in [0.29, 0.717) is 13.0 Å². The molecule has 0 bridgehead atoms. The lowest BCUT2D eigenvalue weighted by Gasteiger charge is -2.28. The Hall–Kier alpha value is -3.12. The highest BCUT2D eigenvalue weighted by Gasteiger charge is 2.21. The number of morpholine rings is 1. The van der Waals surface area contributed by atoms with Crippen molar-refractivity contribution in [1.82, 2.24) is 5.32 Å². The van der Waals surface area contributed by atoms with Crippen molar-refractivity contribution in [2.24, 2.45) is 0 Å². The second-order valence-electron chi connectivity index (χ2n) is 7.56. The van der Waals surface area contributed by atoms with E-state index in [-0.39, 0.29) is 11.8 Å². The minimum absolute atomic E-state index is 0.133. The van der Waals surface area contributed by atoms with Crippen LogP contribution in [0.3, 0.4) is 0 Å². The summed E-state index contributed by atoms with van der Waals surface area (Å²) in [5, 5.41) is 2.92. The Labute approximate surface area is 177 Å². The molecular formula is C24H27N3O3. The van der Waals surface area contributed by atoms with E-state index in [2.05, 4.69) is 22.3 Å². The molecule has 2 aromatic rings. The fourth-order valence-electron chi connectivity index (χ4n) is 3.75. The smallest absolute Gasteiger partial charge is 0.244 e. The Balaban J connectivity index is 1.26. The SMILES string of the molecule is O=C(/C=C/c1ccc(N2CCCC2=O)cc1)NCc1ccc(N2CCOCC2)cc1. The maximum Gasteiger partial charge on any atom is 0.244 e. The van der Waals surface area contributed by atoms with Gasteiger partial charge in [-0.15, -0.1) is 0 Å². The molecule has 0 aliphatic carbocycles. The predicted molar refractivity (Wildman–Crippen MR) is 118 cm³/mol. The maximum atomic E-state index is 12.2. The molecule has 2 aliphatic heterocycles. The largest absolute Gasteiger partial charge is 0.378 e. The molecule has 0 unspecified atom stereocenters. The van der Waals surface area contributed by atoms with Crippen molar-refractivity contribution >= 4 is 29.3 Å². The van der Waals surface area contributed by atoms with Gasteiger partial charge in [0, 0.05) is 50.1 Å². The van der Waals surface area contributed by atoms with Crippen LogP contribution in [0.4, 0.5) is 11.4 Å². The number of hydrogen-bond acceptors (Lipinski definition) is 4. The zero-order chi connectivity index (χ0) is 20.8. The lowest BCUT2D eigenvalue weighted by Crippen LogP contribution is -2.36. The van der Waals surface area contributed by atoms with E-state index in [0.717, 1.165) is 56.1 Å². The van der Waals surface area contributed by atoms with E-state index in [1.165, 1.54) is 11.8 Å². The molecule has 2 aliphatic rings. The average molecular weight is 405 g/mol. The summed E-state index contributed by atoms with van der Waals surface area (Å²) in [6, 6.07) is 16.0. The molecule has 0 saturated carbocycles. The van der Waals surface area contributed by atoms with Crippen LogP contribution in [-0.4, -0.2) is 44.7 Å². The molecule has 0 spiro atoms. The van der Waals surface area contributed by atoms with E-state index in [1.54, 1.807) is 6.08 Å². The Bertz CT molecular complexity index is 900. The van der Waals surface area contributed by atoms with Crippen molar-refractivity contribution in [2.45, 2.75) is 19.4 Å². The zero-order valence-corrected chi connectivity index (χ0v) is 17.0. The summed E-state index contributed by atoms with van der Waals surface area (Å²) < 4.78 is 5.39. The van der Waals surface area contributed by atoms with Gasteiger partial charge in [-0.2, -0.15) is 0 Å². The first-order valence-corrected chi connectivity index (χ1v) is 10.5. The molecule has 30 heavy (non-hydrogen) atoms. The van der Waals surface area contributed by atoms with Crippen LogP contribution in [0.25, 0.3) is 6.08 Å². The third-order valence-electron chi connectivity index (χ3n) is 5.48. The van der Waals surface area contributed by atoms with Crippen LogP contribution < -0.4 is 15.1 Å². The Morgan fingerprint density at radius 3 is 2.33 bits per heavy atom. The van der Waals surface area contributed by atoms with Crippen LogP contribution in [0, 0.1) is 0 Å². The van der Waals surface area contributed by atoms with E-state index >= 15 is 0 Å². The average Bonchev–Trinajstić information content (AvgIpc) is 3.23. The first-order valence-electron chi connectivity index (χ1n) is 10.5. The van der Waals surface area contributed by atoms with E-state index < -0.39 is 0 Å². The van der Waals surface area contributed by atoms with Gasteiger partial charge in [0.25, 0.3) is 0 Å². The highest BCUT2D eigenvalue weighted by atomic mass is 16.5. The van der Waals surface area contributed by atoms with Gasteiger partial charge in [0.15, 0.2) is 0 Å². The van der Waals surface area contributed by atoms with Gasteiger partial charge < -0.3 is 19.9 Å². The van der Waals surface area contributed by atoms with Gasteiger partial charge in [0.2, 0.25) is 11.8 Å². The highest BCUT2D eigenvalue weighted by molar-refractivity contribution is 5.95. The summed E-state index contributed by atoms with van der Waals surface area (Å²) in [4.78, 5) is 28.1. The van der Waals surface area contributed by atoms with Crippen molar-refractivity contribution in [1.29, 1.82) is 0 Å². The number of amides is 2. The van der Waals surface area contributed by atoms with Gasteiger partial charge in [-0.3, -0.25) is 9.59 Å². The van der Waals surface area contributed by atoms with Crippen LogP contribution in [0.2, 0.25) is 0 Å². The van der Waals surface area contributed by atoms with Gasteiger partial charge in [0.1, 0.15) is 0 Å². The zero-order valence-electron chi connectivity index (χ0n) is 17.0. The number of rotatable bonds is 6. The summed E-state index contributed by atoms with van der Waals surface area (Å²) in [5.41, 5.74) is 4.09. The van der Waals surface area contributed by atoms with Crippen molar-refractivity contribution in [3.8, 4) is 0 Å². The van der Waals surface area contributed by atoms with Gasteiger partial charge >= 0.3 is 0 Å². The van der Waals surface area contributed by atoms with Crippen LogP contribution >= 0.6 is 0 Å². The van der Waals surface area contributed by atoms with Gasteiger partial charge in [-0.05, 0) is 47.9 Å². The summed E-state index contributed by atoms with van der Waals surface area (Å²) >= 11 is 0. The van der Waals surface area contributed by atoms with Crippen LogP contribution in [0.1, 0.15) is 24.0 Å². The molecule has 6 nitrogen and oxygen atoms in total. The van der Waals surface area contributed by atoms with E-state index in [1.807, 2.05) is 41.3 Å². The molecule has 1 N–H and O–H groups in total. The van der Waals surface area contributed by atoms with E-state index in [4.69, 9.17) is 4.74 Å². The number of anilines is 2. The Morgan fingerprint density at radius 1 is 0.967 bits per heavy atom. The molecule has 6 heteroatoms. The molecule has 0 atom stereocenters. The van der Waals surface area contributed by atoms with Gasteiger partial charge in [-0.25, -0.2) is 0 Å². The molecule has 0 radical (unpaired) electrons. The fourth-order valence-corrected chi connectivity index (χ4v) is 3.75. The minimum atomic E-state index is -0.133. The number of ether oxygens (including phenoxy) is 1. The number of nitrogens with zero attached hydrogens (tertiary/aromatic N) is 2. The minimum Gasteiger partial charge on any atom is -0.378 e. The van der Waals surface area contributed by atoms with Crippen molar-refractivity contribution in [3.63, 3.8) is 0 Å². The van der Waals surface area contributed by atoms with Crippen molar-refractivity contribution in [3.05, 3.63) is 65.7 Å². The molecule has 156 valence electrons. The van der Waals surface area contributed by atoms with Crippen LogP contribution in [0.5, 0.6) is 0 Å². The van der Waals surface area contributed by atoms with E-state index in [9.17, 15) is 9.59 Å². The third-order valence-corrected chi connectivity index (χ3v) is 5.48. The molecule has 2 amide bonds. The predicted octanol–water partition coefficient (Wildman–Crippen LogP) is 2.98. The molecular weight excluding hydrogens is 378 g/mol. The normalized spacial score (nSPS) is 17.0. The lowest BCUT2D eigenvalue weighted by molar-refractivity contribution is -0.117. The van der Waals surface area contributed by atoms with Crippen molar-refractivity contribution < 1.29 is 14.3 Å². The number of carbonyl (C=O) groups excluding carboxylic acids is 2. The molecule has 2 fully saturated rings. The first kappa shape index (κ1) is 20.2. The second-order valence-corrected chi connectivity index (χ2v) is 7.56. The fraction of sp³-hybridized carbons (Fsp3) is 0.333. The highest BCUT2D eigenvalue weighted by Crippen LogP contribution is 2.22. The summed E-state index contributed by atoms with van der Waals surface area (Å²) in [7, 11) is 0. The lowest BCUT2D eigenvalue weighted by atomic mass is 10.1. The van der Waals surface area contributed by atoms with Crippen LogP contribution in [-0.2, 0) is 20.9 Å². The molecule has 2 aromatic carbocycles. The second kappa shape index (κ2) is 9.59. The molecule has 2 heterocycles. The summed E-state index contributed by atoms with van der Waals surface area (Å²) in [6.45, 7) is 4.63. The molecule has 2 saturated heterocycles.